The van der Waals surface area contributed by atoms with Crippen molar-refractivity contribution >= 4 is 17.3 Å². The van der Waals surface area contributed by atoms with Gasteiger partial charge in [-0.05, 0) is 36.8 Å². The highest BCUT2D eigenvalue weighted by Crippen LogP contribution is 2.18. The number of hydrogen-bond acceptors (Lipinski definition) is 3. The van der Waals surface area contributed by atoms with Crippen molar-refractivity contribution in [3.63, 3.8) is 0 Å². The molecule has 0 fully saturated rings. The zero-order valence-corrected chi connectivity index (χ0v) is 12.6. The number of unbranched alkanes of at least 4 members (excludes halogenated alkanes) is 3. The second kappa shape index (κ2) is 9.63. The summed E-state index contributed by atoms with van der Waals surface area (Å²) in [4.78, 5) is 12.3. The van der Waals surface area contributed by atoms with E-state index in [1.54, 1.807) is 18.3 Å². The summed E-state index contributed by atoms with van der Waals surface area (Å²) < 4.78 is 4.85. The highest BCUT2D eigenvalue weighted by molar-refractivity contribution is 7.10. The van der Waals surface area contributed by atoms with E-state index in [1.807, 2.05) is 0 Å². The first-order chi connectivity index (χ1) is 9.27. The Bertz CT molecular complexity index is 437. The van der Waals surface area contributed by atoms with Crippen LogP contribution >= 0.6 is 11.3 Å². The highest BCUT2D eigenvalue weighted by atomic mass is 32.1. The number of rotatable bonds is 7. The summed E-state index contributed by atoms with van der Waals surface area (Å²) in [6.07, 6.45) is 6.33. The van der Waals surface area contributed by atoms with Crippen LogP contribution in [0.5, 0.6) is 0 Å². The smallest absolute Gasteiger partial charge is 0.317 e. The zero-order valence-electron chi connectivity index (χ0n) is 11.8. The summed E-state index contributed by atoms with van der Waals surface area (Å²) in [7, 11) is 0. The van der Waals surface area contributed by atoms with Crippen LogP contribution in [0, 0.1) is 11.8 Å². The molecule has 1 aromatic heterocycles. The van der Waals surface area contributed by atoms with Crippen LogP contribution in [0.2, 0.25) is 0 Å². The van der Waals surface area contributed by atoms with Crippen molar-refractivity contribution in [3.05, 3.63) is 21.9 Å². The molecule has 0 atom stereocenters. The van der Waals surface area contributed by atoms with Gasteiger partial charge in [0.05, 0.1) is 11.5 Å². The van der Waals surface area contributed by atoms with Gasteiger partial charge in [0.15, 0.2) is 0 Å². The fourth-order valence-corrected chi connectivity index (χ4v) is 2.61. The zero-order chi connectivity index (χ0) is 13.9. The summed E-state index contributed by atoms with van der Waals surface area (Å²) in [5.41, 5.74) is 1.32. The SMILES string of the molecule is CCCCCCc1ccsc1C#CCC(=O)OCC. The third kappa shape index (κ3) is 6.45. The minimum atomic E-state index is -0.240. The molecular weight excluding hydrogens is 256 g/mol. The number of aryl methyl sites for hydroxylation is 1. The van der Waals surface area contributed by atoms with Crippen molar-refractivity contribution in [1.29, 1.82) is 0 Å². The van der Waals surface area contributed by atoms with Crippen LogP contribution in [-0.4, -0.2) is 12.6 Å². The molecule has 0 radical (unpaired) electrons. The van der Waals surface area contributed by atoms with Gasteiger partial charge in [-0.1, -0.05) is 38.0 Å². The normalized spacial score (nSPS) is 9.79. The second-order valence-electron chi connectivity index (χ2n) is 4.37. The van der Waals surface area contributed by atoms with Crippen molar-refractivity contribution < 1.29 is 9.53 Å². The quantitative estimate of drug-likeness (QED) is 0.425. The molecular formula is C16H22O2S. The molecule has 0 aliphatic rings. The van der Waals surface area contributed by atoms with E-state index in [4.69, 9.17) is 4.74 Å². The van der Waals surface area contributed by atoms with E-state index in [-0.39, 0.29) is 12.4 Å². The Labute approximate surface area is 120 Å². The molecule has 0 aromatic carbocycles. The van der Waals surface area contributed by atoms with E-state index in [0.717, 1.165) is 11.3 Å². The van der Waals surface area contributed by atoms with Gasteiger partial charge in [0.25, 0.3) is 0 Å². The van der Waals surface area contributed by atoms with E-state index in [2.05, 4.69) is 30.2 Å². The number of thiophene rings is 1. The van der Waals surface area contributed by atoms with Crippen LogP contribution in [0.4, 0.5) is 0 Å². The first-order valence-electron chi connectivity index (χ1n) is 6.98. The molecule has 0 spiro atoms. The second-order valence-corrected chi connectivity index (χ2v) is 5.29. The third-order valence-electron chi connectivity index (χ3n) is 2.79. The van der Waals surface area contributed by atoms with E-state index in [1.165, 1.54) is 31.2 Å². The molecule has 0 aliphatic carbocycles. The van der Waals surface area contributed by atoms with E-state index < -0.39 is 0 Å². The lowest BCUT2D eigenvalue weighted by Crippen LogP contribution is -2.01. The maximum Gasteiger partial charge on any atom is 0.317 e. The number of esters is 1. The predicted molar refractivity (Wildman–Crippen MR) is 80.3 cm³/mol. The molecule has 0 aliphatic heterocycles. The maximum atomic E-state index is 11.2. The molecule has 1 aromatic rings. The van der Waals surface area contributed by atoms with Crippen molar-refractivity contribution in [3.8, 4) is 11.8 Å². The summed E-state index contributed by atoms with van der Waals surface area (Å²) in [6.45, 7) is 4.44. The van der Waals surface area contributed by atoms with E-state index >= 15 is 0 Å². The molecule has 2 nitrogen and oxygen atoms in total. The first-order valence-corrected chi connectivity index (χ1v) is 7.86. The van der Waals surface area contributed by atoms with Crippen LogP contribution in [0.1, 0.15) is 56.4 Å². The third-order valence-corrected chi connectivity index (χ3v) is 3.66. The van der Waals surface area contributed by atoms with Crippen LogP contribution in [0.15, 0.2) is 11.4 Å². The monoisotopic (exact) mass is 278 g/mol. The van der Waals surface area contributed by atoms with Crippen LogP contribution in [0.3, 0.4) is 0 Å². The Hall–Kier alpha value is -1.27. The fourth-order valence-electron chi connectivity index (χ4n) is 1.79. The molecule has 19 heavy (non-hydrogen) atoms. The molecule has 0 amide bonds. The Kier molecular flexibility index (Phi) is 8.00. The Morgan fingerprint density at radius 1 is 1.32 bits per heavy atom. The summed E-state index contributed by atoms with van der Waals surface area (Å²) >= 11 is 1.65. The number of ether oxygens (including phenoxy) is 1. The molecule has 0 bridgehead atoms. The van der Waals surface area contributed by atoms with E-state index in [0.29, 0.717) is 6.61 Å². The Morgan fingerprint density at radius 2 is 2.16 bits per heavy atom. The minimum Gasteiger partial charge on any atom is -0.465 e. The van der Waals surface area contributed by atoms with Gasteiger partial charge < -0.3 is 4.74 Å². The topological polar surface area (TPSA) is 26.3 Å². The van der Waals surface area contributed by atoms with Gasteiger partial charge in [0.1, 0.15) is 6.42 Å². The van der Waals surface area contributed by atoms with Crippen LogP contribution < -0.4 is 0 Å². The van der Waals surface area contributed by atoms with Gasteiger partial charge in [0, 0.05) is 0 Å². The van der Waals surface area contributed by atoms with Crippen molar-refractivity contribution in [2.24, 2.45) is 0 Å². The first kappa shape index (κ1) is 15.8. The van der Waals surface area contributed by atoms with Gasteiger partial charge in [-0.2, -0.15) is 0 Å². The number of carbonyl (C=O) groups is 1. The summed E-state index contributed by atoms with van der Waals surface area (Å²) in [5.74, 6) is 5.75. The fraction of sp³-hybridized carbons (Fsp3) is 0.562. The van der Waals surface area contributed by atoms with Gasteiger partial charge in [-0.3, -0.25) is 4.79 Å². The molecule has 0 N–H and O–H groups in total. The van der Waals surface area contributed by atoms with Crippen molar-refractivity contribution in [2.45, 2.75) is 52.4 Å². The summed E-state index contributed by atoms with van der Waals surface area (Å²) in [5, 5.41) is 2.07. The largest absolute Gasteiger partial charge is 0.465 e. The average molecular weight is 278 g/mol. The summed E-state index contributed by atoms with van der Waals surface area (Å²) in [6, 6.07) is 2.14. The standard InChI is InChI=1S/C16H22O2S/c1-3-5-6-7-9-14-12-13-19-15(14)10-8-11-16(17)18-4-2/h12-13H,3-7,9,11H2,1-2H3. The number of hydrogen-bond donors (Lipinski definition) is 0. The average Bonchev–Trinajstić information content (AvgIpc) is 2.83. The molecule has 0 saturated heterocycles. The minimum absolute atomic E-state index is 0.182. The lowest BCUT2D eigenvalue weighted by Gasteiger charge is -1.99. The Balaban J connectivity index is 2.44. The van der Waals surface area contributed by atoms with Gasteiger partial charge >= 0.3 is 5.97 Å². The molecule has 1 heterocycles. The maximum absolute atomic E-state index is 11.2. The lowest BCUT2D eigenvalue weighted by atomic mass is 10.1. The van der Waals surface area contributed by atoms with Gasteiger partial charge in [-0.25, -0.2) is 0 Å². The molecule has 0 saturated carbocycles. The van der Waals surface area contributed by atoms with Gasteiger partial charge in [0.2, 0.25) is 0 Å². The Morgan fingerprint density at radius 3 is 2.89 bits per heavy atom. The van der Waals surface area contributed by atoms with E-state index in [9.17, 15) is 4.79 Å². The van der Waals surface area contributed by atoms with Crippen LogP contribution in [0.25, 0.3) is 0 Å². The van der Waals surface area contributed by atoms with Crippen molar-refractivity contribution in [1.82, 2.24) is 0 Å². The van der Waals surface area contributed by atoms with Gasteiger partial charge in [-0.15, -0.1) is 11.3 Å². The van der Waals surface area contributed by atoms with Crippen LogP contribution in [-0.2, 0) is 16.0 Å². The van der Waals surface area contributed by atoms with Crippen molar-refractivity contribution in [2.75, 3.05) is 6.61 Å². The number of carbonyl (C=O) groups excluding carboxylic acids is 1. The molecule has 1 rings (SSSR count). The lowest BCUT2D eigenvalue weighted by molar-refractivity contribution is -0.141. The molecule has 0 unspecified atom stereocenters. The predicted octanol–water partition coefficient (Wildman–Crippen LogP) is 4.18. The molecule has 3 heteroatoms. The molecule has 104 valence electrons. The highest BCUT2D eigenvalue weighted by Gasteiger charge is 2.02.